The standard InChI is InChI=1S/C19H15ClF3N3OS/c1-26-10-15(17(25-26)19(21,22)23)18(27)24-16-5-3-2-4-12(16)11-28-14-8-6-13(20)7-9-14/h2-10H,11H2,1H3,(H,24,27). The monoisotopic (exact) mass is 425 g/mol. The van der Waals surface area contributed by atoms with Gasteiger partial charge in [-0.1, -0.05) is 29.8 Å². The van der Waals surface area contributed by atoms with Crippen LogP contribution in [0.1, 0.15) is 21.6 Å². The second-order valence-corrected chi connectivity index (χ2v) is 7.40. The number of halogens is 4. The van der Waals surface area contributed by atoms with E-state index in [1.807, 2.05) is 18.2 Å². The number of amides is 1. The van der Waals surface area contributed by atoms with E-state index in [1.54, 1.807) is 30.3 Å². The average molecular weight is 426 g/mol. The molecular formula is C19H15ClF3N3OS. The Bertz CT molecular complexity index is 987. The Morgan fingerprint density at radius 2 is 1.86 bits per heavy atom. The first-order chi connectivity index (χ1) is 13.2. The molecule has 0 bridgehead atoms. The summed E-state index contributed by atoms with van der Waals surface area (Å²) in [5.74, 6) is -0.332. The van der Waals surface area contributed by atoms with Gasteiger partial charge in [0.05, 0.1) is 5.56 Å². The molecule has 0 unspecified atom stereocenters. The highest BCUT2D eigenvalue weighted by Crippen LogP contribution is 2.32. The lowest BCUT2D eigenvalue weighted by molar-refractivity contribution is -0.141. The van der Waals surface area contributed by atoms with Crippen molar-refractivity contribution < 1.29 is 18.0 Å². The summed E-state index contributed by atoms with van der Waals surface area (Å²) in [6, 6.07) is 14.3. The Labute approximate surface area is 168 Å². The molecule has 0 spiro atoms. The number of carbonyl (C=O) groups is 1. The van der Waals surface area contributed by atoms with Crippen molar-refractivity contribution in [3.8, 4) is 0 Å². The number of nitrogens with zero attached hydrogens (tertiary/aromatic N) is 2. The molecule has 0 saturated heterocycles. The average Bonchev–Trinajstić information content (AvgIpc) is 3.05. The van der Waals surface area contributed by atoms with Gasteiger partial charge in [0.1, 0.15) is 0 Å². The van der Waals surface area contributed by atoms with E-state index in [0.29, 0.717) is 16.5 Å². The van der Waals surface area contributed by atoms with E-state index in [9.17, 15) is 18.0 Å². The highest BCUT2D eigenvalue weighted by Gasteiger charge is 2.39. The number of para-hydroxylation sites is 1. The maximum absolute atomic E-state index is 13.1. The number of nitrogens with one attached hydrogen (secondary N) is 1. The van der Waals surface area contributed by atoms with Gasteiger partial charge in [-0.2, -0.15) is 18.3 Å². The van der Waals surface area contributed by atoms with Crippen LogP contribution >= 0.6 is 23.4 Å². The molecule has 1 N–H and O–H groups in total. The van der Waals surface area contributed by atoms with Crippen LogP contribution in [-0.2, 0) is 19.0 Å². The van der Waals surface area contributed by atoms with E-state index in [-0.39, 0.29) is 0 Å². The van der Waals surface area contributed by atoms with Gasteiger partial charge in [-0.05, 0) is 35.9 Å². The third-order valence-corrected chi connectivity index (χ3v) is 5.13. The van der Waals surface area contributed by atoms with E-state index >= 15 is 0 Å². The molecule has 1 aromatic heterocycles. The predicted molar refractivity (Wildman–Crippen MR) is 104 cm³/mol. The number of alkyl halides is 3. The van der Waals surface area contributed by atoms with Crippen molar-refractivity contribution in [2.45, 2.75) is 16.8 Å². The Balaban J connectivity index is 1.78. The predicted octanol–water partition coefficient (Wildman–Crippen LogP) is 5.64. The third kappa shape index (κ3) is 4.88. The molecule has 0 radical (unpaired) electrons. The lowest BCUT2D eigenvalue weighted by Crippen LogP contribution is -2.18. The van der Waals surface area contributed by atoms with Crippen molar-refractivity contribution in [3.05, 3.63) is 76.6 Å². The first-order valence-corrected chi connectivity index (χ1v) is 9.49. The van der Waals surface area contributed by atoms with Gasteiger partial charge in [-0.3, -0.25) is 9.48 Å². The summed E-state index contributed by atoms with van der Waals surface area (Å²) in [4.78, 5) is 13.5. The van der Waals surface area contributed by atoms with Crippen LogP contribution in [-0.4, -0.2) is 15.7 Å². The summed E-state index contributed by atoms with van der Waals surface area (Å²) in [5, 5.41) is 6.57. The maximum Gasteiger partial charge on any atom is 0.435 e. The minimum atomic E-state index is -4.71. The van der Waals surface area contributed by atoms with Crippen molar-refractivity contribution in [2.24, 2.45) is 7.05 Å². The topological polar surface area (TPSA) is 46.9 Å². The van der Waals surface area contributed by atoms with Gasteiger partial charge < -0.3 is 5.32 Å². The van der Waals surface area contributed by atoms with E-state index < -0.39 is 23.3 Å². The van der Waals surface area contributed by atoms with Gasteiger partial charge in [-0.15, -0.1) is 11.8 Å². The highest BCUT2D eigenvalue weighted by molar-refractivity contribution is 7.98. The summed E-state index contributed by atoms with van der Waals surface area (Å²) >= 11 is 7.40. The van der Waals surface area contributed by atoms with Crippen LogP contribution in [0.15, 0.2) is 59.6 Å². The molecule has 0 saturated carbocycles. The zero-order valence-electron chi connectivity index (χ0n) is 14.6. The lowest BCUT2D eigenvalue weighted by atomic mass is 10.1. The number of hydrogen-bond donors (Lipinski definition) is 1. The van der Waals surface area contributed by atoms with Crippen LogP contribution in [0.2, 0.25) is 5.02 Å². The molecule has 0 fully saturated rings. The smallest absolute Gasteiger partial charge is 0.322 e. The zero-order chi connectivity index (χ0) is 20.3. The Hall–Kier alpha value is -2.45. The van der Waals surface area contributed by atoms with Gasteiger partial charge in [0.15, 0.2) is 5.69 Å². The fourth-order valence-electron chi connectivity index (χ4n) is 2.51. The molecule has 3 rings (SSSR count). The van der Waals surface area contributed by atoms with Crippen molar-refractivity contribution in [1.29, 1.82) is 0 Å². The van der Waals surface area contributed by atoms with Crippen LogP contribution in [0.3, 0.4) is 0 Å². The molecule has 3 aromatic rings. The van der Waals surface area contributed by atoms with Crippen LogP contribution in [0.5, 0.6) is 0 Å². The van der Waals surface area contributed by atoms with Crippen molar-refractivity contribution in [3.63, 3.8) is 0 Å². The number of carbonyl (C=O) groups excluding carboxylic acids is 1. The second-order valence-electron chi connectivity index (χ2n) is 5.92. The quantitative estimate of drug-likeness (QED) is 0.538. The maximum atomic E-state index is 13.1. The molecule has 0 atom stereocenters. The Kier molecular flexibility index (Phi) is 6.00. The lowest BCUT2D eigenvalue weighted by Gasteiger charge is -2.12. The molecule has 1 amide bonds. The second kappa shape index (κ2) is 8.28. The minimum absolute atomic E-state index is 0.450. The SMILES string of the molecule is Cn1cc(C(=O)Nc2ccccc2CSc2ccc(Cl)cc2)c(C(F)(F)F)n1. The first-order valence-electron chi connectivity index (χ1n) is 8.12. The van der Waals surface area contributed by atoms with Crippen LogP contribution < -0.4 is 5.32 Å². The number of aryl methyl sites for hydroxylation is 1. The molecule has 0 aliphatic carbocycles. The third-order valence-electron chi connectivity index (χ3n) is 3.82. The molecule has 0 aliphatic rings. The summed E-state index contributed by atoms with van der Waals surface area (Å²) < 4.78 is 40.3. The van der Waals surface area contributed by atoms with E-state index in [2.05, 4.69) is 10.4 Å². The van der Waals surface area contributed by atoms with Gasteiger partial charge in [0.25, 0.3) is 5.91 Å². The van der Waals surface area contributed by atoms with Crippen LogP contribution in [0.4, 0.5) is 18.9 Å². The summed E-state index contributed by atoms with van der Waals surface area (Å²) in [7, 11) is 1.34. The fraction of sp³-hybridized carbons (Fsp3) is 0.158. The summed E-state index contributed by atoms with van der Waals surface area (Å²) in [6.07, 6.45) is -3.65. The summed E-state index contributed by atoms with van der Waals surface area (Å²) in [6.45, 7) is 0. The largest absolute Gasteiger partial charge is 0.435 e. The van der Waals surface area contributed by atoms with Crippen molar-refractivity contribution in [2.75, 3.05) is 5.32 Å². The molecule has 1 heterocycles. The van der Waals surface area contributed by atoms with E-state index in [1.165, 1.54) is 18.8 Å². The number of rotatable bonds is 5. The Morgan fingerprint density at radius 3 is 2.54 bits per heavy atom. The number of anilines is 1. The van der Waals surface area contributed by atoms with Gasteiger partial charge >= 0.3 is 6.18 Å². The molecule has 146 valence electrons. The fourth-order valence-corrected chi connectivity index (χ4v) is 3.54. The normalized spacial score (nSPS) is 11.5. The van der Waals surface area contributed by atoms with Crippen molar-refractivity contribution >= 4 is 35.0 Å². The van der Waals surface area contributed by atoms with Crippen molar-refractivity contribution in [1.82, 2.24) is 9.78 Å². The number of hydrogen-bond acceptors (Lipinski definition) is 3. The number of aromatic nitrogens is 2. The molecular weight excluding hydrogens is 411 g/mol. The molecule has 2 aromatic carbocycles. The van der Waals surface area contributed by atoms with Gasteiger partial charge in [0.2, 0.25) is 0 Å². The number of thioether (sulfide) groups is 1. The minimum Gasteiger partial charge on any atom is -0.322 e. The highest BCUT2D eigenvalue weighted by atomic mass is 35.5. The van der Waals surface area contributed by atoms with Gasteiger partial charge in [-0.25, -0.2) is 0 Å². The zero-order valence-corrected chi connectivity index (χ0v) is 16.2. The molecule has 9 heteroatoms. The van der Waals surface area contributed by atoms with Gasteiger partial charge in [0, 0.05) is 34.6 Å². The van der Waals surface area contributed by atoms with E-state index in [4.69, 9.17) is 11.6 Å². The summed E-state index contributed by atoms with van der Waals surface area (Å²) in [5.41, 5.74) is -0.491. The molecule has 4 nitrogen and oxygen atoms in total. The van der Waals surface area contributed by atoms with Crippen LogP contribution in [0, 0.1) is 0 Å². The number of benzene rings is 2. The first kappa shape index (κ1) is 20.3. The molecule has 0 aliphatic heterocycles. The van der Waals surface area contributed by atoms with E-state index in [0.717, 1.165) is 21.3 Å². The molecule has 28 heavy (non-hydrogen) atoms. The Morgan fingerprint density at radius 1 is 1.18 bits per heavy atom. The van der Waals surface area contributed by atoms with Crippen LogP contribution in [0.25, 0.3) is 0 Å².